The molecule has 1 N–H and O–H groups in total. The summed E-state index contributed by atoms with van der Waals surface area (Å²) >= 11 is 0. The smallest absolute Gasteiger partial charge is 0.193 e. The van der Waals surface area contributed by atoms with Gasteiger partial charge in [0.05, 0.1) is 6.20 Å². The summed E-state index contributed by atoms with van der Waals surface area (Å²) in [4.78, 5) is 10.2. The van der Waals surface area contributed by atoms with Crippen molar-refractivity contribution in [1.29, 1.82) is 0 Å². The Morgan fingerprint density at radius 3 is 2.80 bits per heavy atom. The van der Waals surface area contributed by atoms with E-state index in [1.165, 1.54) is 36.9 Å². The summed E-state index contributed by atoms with van der Waals surface area (Å²) in [5.74, 6) is 1.82. The van der Waals surface area contributed by atoms with Crippen LogP contribution in [0.5, 0.6) is 0 Å². The molecule has 6 heteroatoms. The van der Waals surface area contributed by atoms with E-state index in [2.05, 4.69) is 63.7 Å². The maximum Gasteiger partial charge on any atom is 0.193 e. The van der Waals surface area contributed by atoms with Gasteiger partial charge in [0.15, 0.2) is 5.96 Å². The van der Waals surface area contributed by atoms with Crippen LogP contribution in [0.2, 0.25) is 0 Å². The van der Waals surface area contributed by atoms with E-state index in [0.717, 1.165) is 51.0 Å². The van der Waals surface area contributed by atoms with Crippen LogP contribution in [0.25, 0.3) is 0 Å². The molecule has 30 heavy (non-hydrogen) atoms. The third-order valence-electron chi connectivity index (χ3n) is 6.47. The third-order valence-corrected chi connectivity index (χ3v) is 6.47. The summed E-state index contributed by atoms with van der Waals surface area (Å²) in [6, 6.07) is 11.6. The second-order valence-corrected chi connectivity index (χ2v) is 8.67. The molecule has 4 rings (SSSR count). The predicted molar refractivity (Wildman–Crippen MR) is 122 cm³/mol. The van der Waals surface area contributed by atoms with Crippen molar-refractivity contribution in [2.75, 3.05) is 32.7 Å². The number of hydrogen-bond acceptors (Lipinski definition) is 3. The molecule has 2 aliphatic heterocycles. The van der Waals surface area contributed by atoms with Crippen LogP contribution >= 0.6 is 0 Å². The number of aromatic nitrogens is 2. The van der Waals surface area contributed by atoms with Crippen LogP contribution in [0.15, 0.2) is 47.7 Å². The minimum atomic E-state index is 0.702. The molecule has 0 amide bonds. The van der Waals surface area contributed by atoms with Crippen LogP contribution in [0.3, 0.4) is 0 Å². The Morgan fingerprint density at radius 2 is 2.03 bits per heavy atom. The Kier molecular flexibility index (Phi) is 7.05. The second kappa shape index (κ2) is 10.1. The van der Waals surface area contributed by atoms with Gasteiger partial charge in [-0.3, -0.25) is 14.6 Å². The number of benzene rings is 1. The lowest BCUT2D eigenvalue weighted by molar-refractivity contribution is 0.0372. The quantitative estimate of drug-likeness (QED) is 0.590. The minimum absolute atomic E-state index is 0.702. The molecule has 2 saturated heterocycles. The number of guanidine groups is 1. The predicted octanol–water partition coefficient (Wildman–Crippen LogP) is 2.91. The van der Waals surface area contributed by atoms with Crippen molar-refractivity contribution in [2.24, 2.45) is 18.0 Å². The van der Waals surface area contributed by atoms with Gasteiger partial charge in [0, 0.05) is 52.0 Å². The lowest BCUT2D eigenvalue weighted by Crippen LogP contribution is -2.56. The number of aryl methyl sites for hydroxylation is 1. The monoisotopic (exact) mass is 408 g/mol. The highest BCUT2D eigenvalue weighted by atomic mass is 15.3. The van der Waals surface area contributed by atoms with Gasteiger partial charge < -0.3 is 10.2 Å². The first kappa shape index (κ1) is 20.9. The summed E-state index contributed by atoms with van der Waals surface area (Å²) in [5.41, 5.74) is 2.69. The summed E-state index contributed by atoms with van der Waals surface area (Å²) in [7, 11) is 1.96. The van der Waals surface area contributed by atoms with Crippen molar-refractivity contribution in [3.8, 4) is 0 Å². The van der Waals surface area contributed by atoms with Crippen LogP contribution < -0.4 is 5.32 Å². The highest BCUT2D eigenvalue weighted by Gasteiger charge is 2.36. The fraction of sp³-hybridized carbons (Fsp3) is 0.583. The van der Waals surface area contributed by atoms with Gasteiger partial charge >= 0.3 is 0 Å². The zero-order valence-corrected chi connectivity index (χ0v) is 18.5. The lowest BCUT2D eigenvalue weighted by Gasteiger charge is -2.48. The van der Waals surface area contributed by atoms with E-state index in [9.17, 15) is 0 Å². The summed E-state index contributed by atoms with van der Waals surface area (Å²) in [6.45, 7) is 8.40. The number of nitrogens with zero attached hydrogens (tertiary/aromatic N) is 5. The molecular weight excluding hydrogens is 372 g/mol. The van der Waals surface area contributed by atoms with E-state index < -0.39 is 0 Å². The molecule has 2 aliphatic rings. The second-order valence-electron chi connectivity index (χ2n) is 8.67. The number of piperidine rings is 2. The Hall–Kier alpha value is -2.34. The van der Waals surface area contributed by atoms with Crippen LogP contribution in [0, 0.1) is 5.92 Å². The van der Waals surface area contributed by atoms with Gasteiger partial charge in [-0.2, -0.15) is 5.10 Å². The van der Waals surface area contributed by atoms with Crippen LogP contribution in [0.4, 0.5) is 0 Å². The van der Waals surface area contributed by atoms with E-state index in [4.69, 9.17) is 4.99 Å². The number of aliphatic imine (C=N–C) groups is 1. The van der Waals surface area contributed by atoms with E-state index in [0.29, 0.717) is 6.04 Å². The molecule has 6 nitrogen and oxygen atoms in total. The van der Waals surface area contributed by atoms with E-state index >= 15 is 0 Å². The largest absolute Gasteiger partial charge is 0.357 e. The summed E-state index contributed by atoms with van der Waals surface area (Å²) < 4.78 is 1.86. The highest BCUT2D eigenvalue weighted by Crippen LogP contribution is 2.31. The van der Waals surface area contributed by atoms with Gasteiger partial charge in [-0.25, -0.2) is 0 Å². The molecule has 0 spiro atoms. The Bertz CT molecular complexity index is 814. The first-order valence-electron chi connectivity index (χ1n) is 11.5. The number of rotatable bonds is 6. The standard InChI is InChI=1S/C24H36N6/c1-3-25-24(26-13-11-21-16-27-28(2)17-21)30-15-12-23-22(19-30)10-7-14-29(23)18-20-8-5-4-6-9-20/h4-6,8-9,16-17,22-23H,3,7,10-15,18-19H2,1-2H3,(H,25,26). The van der Waals surface area contributed by atoms with Crippen molar-refractivity contribution in [1.82, 2.24) is 24.9 Å². The topological polar surface area (TPSA) is 48.7 Å². The maximum absolute atomic E-state index is 4.95. The molecule has 2 fully saturated rings. The minimum Gasteiger partial charge on any atom is -0.357 e. The number of hydrogen-bond donors (Lipinski definition) is 1. The van der Waals surface area contributed by atoms with Crippen LogP contribution in [-0.2, 0) is 20.0 Å². The zero-order chi connectivity index (χ0) is 20.8. The van der Waals surface area contributed by atoms with Gasteiger partial charge in [0.25, 0.3) is 0 Å². The zero-order valence-electron chi connectivity index (χ0n) is 18.5. The first-order chi connectivity index (χ1) is 14.7. The van der Waals surface area contributed by atoms with Crippen molar-refractivity contribution in [3.63, 3.8) is 0 Å². The summed E-state index contributed by atoms with van der Waals surface area (Å²) in [5, 5.41) is 7.79. The molecule has 1 aromatic heterocycles. The lowest BCUT2D eigenvalue weighted by atomic mass is 9.83. The van der Waals surface area contributed by atoms with E-state index in [1.54, 1.807) is 0 Å². The molecule has 0 aliphatic carbocycles. The normalized spacial score (nSPS) is 22.7. The van der Waals surface area contributed by atoms with Crippen molar-refractivity contribution < 1.29 is 0 Å². The highest BCUT2D eigenvalue weighted by molar-refractivity contribution is 5.80. The number of nitrogens with one attached hydrogen (secondary N) is 1. The summed E-state index contributed by atoms with van der Waals surface area (Å²) in [6.07, 6.45) is 8.82. The Morgan fingerprint density at radius 1 is 1.17 bits per heavy atom. The fourth-order valence-corrected chi connectivity index (χ4v) is 5.03. The molecule has 2 aromatic rings. The first-order valence-corrected chi connectivity index (χ1v) is 11.5. The molecule has 2 atom stereocenters. The van der Waals surface area contributed by atoms with Crippen LogP contribution in [-0.4, -0.2) is 64.3 Å². The van der Waals surface area contributed by atoms with Crippen LogP contribution in [0.1, 0.15) is 37.3 Å². The maximum atomic E-state index is 4.95. The molecule has 2 unspecified atom stereocenters. The third kappa shape index (κ3) is 5.22. The number of likely N-dealkylation sites (tertiary alicyclic amines) is 2. The van der Waals surface area contributed by atoms with Gasteiger partial charge in [-0.05, 0) is 56.2 Å². The van der Waals surface area contributed by atoms with Gasteiger partial charge in [-0.15, -0.1) is 0 Å². The molecule has 0 saturated carbocycles. The van der Waals surface area contributed by atoms with Gasteiger partial charge in [0.2, 0.25) is 0 Å². The Balaban J connectivity index is 1.36. The average Bonchev–Trinajstić information content (AvgIpc) is 3.19. The van der Waals surface area contributed by atoms with Gasteiger partial charge in [-0.1, -0.05) is 30.3 Å². The fourth-order valence-electron chi connectivity index (χ4n) is 5.03. The molecule has 0 radical (unpaired) electrons. The SMILES string of the molecule is CCNC(=NCCc1cnn(C)c1)N1CCC2C(CCCN2Cc2ccccc2)C1. The molecule has 0 bridgehead atoms. The Labute approximate surface area is 181 Å². The average molecular weight is 409 g/mol. The van der Waals surface area contributed by atoms with Crippen molar-refractivity contribution in [3.05, 3.63) is 53.9 Å². The van der Waals surface area contributed by atoms with Crippen molar-refractivity contribution >= 4 is 5.96 Å². The molecule has 1 aromatic carbocycles. The van der Waals surface area contributed by atoms with E-state index in [-0.39, 0.29) is 0 Å². The van der Waals surface area contributed by atoms with Crippen molar-refractivity contribution in [2.45, 2.75) is 45.2 Å². The molecule has 3 heterocycles. The molecular formula is C24H36N6. The molecule has 162 valence electrons. The number of fused-ring (bicyclic) bond motifs is 1. The van der Waals surface area contributed by atoms with E-state index in [1.807, 2.05) is 17.9 Å². The van der Waals surface area contributed by atoms with Gasteiger partial charge in [0.1, 0.15) is 0 Å².